The second kappa shape index (κ2) is 7.04. The van der Waals surface area contributed by atoms with Crippen molar-refractivity contribution in [3.63, 3.8) is 0 Å². The van der Waals surface area contributed by atoms with Crippen molar-refractivity contribution < 1.29 is 34.8 Å². The monoisotopic (exact) mass is 452 g/mol. The van der Waals surface area contributed by atoms with Gasteiger partial charge in [0.25, 0.3) is 5.56 Å². The Morgan fingerprint density at radius 1 is 0.933 bits per heavy atom. The van der Waals surface area contributed by atoms with Crippen molar-refractivity contribution in [2.24, 2.45) is 0 Å². The van der Waals surface area contributed by atoms with E-state index in [1.807, 2.05) is 0 Å². The maximum absolute atomic E-state index is 13.0. The summed E-state index contributed by atoms with van der Waals surface area (Å²) >= 11 is 0. The number of alkyl halides is 6. The van der Waals surface area contributed by atoms with Gasteiger partial charge in [-0.05, 0) is 12.1 Å². The molecule has 3 aromatic rings. The fourth-order valence-corrected chi connectivity index (χ4v) is 3.51. The molecule has 0 spiro atoms. The number of aromatic nitrogens is 4. The summed E-state index contributed by atoms with van der Waals surface area (Å²) in [5.74, 6) is -1.32. The first kappa shape index (κ1) is 21.7. The van der Waals surface area contributed by atoms with Crippen LogP contribution in [0.3, 0.4) is 0 Å². The Morgan fingerprint density at radius 2 is 1.50 bits per heavy atom. The molecular formula is C16H10F6N4O3S. The van der Waals surface area contributed by atoms with Gasteiger partial charge in [-0.15, -0.1) is 0 Å². The molecule has 0 aromatic carbocycles. The van der Waals surface area contributed by atoms with Crippen molar-refractivity contribution in [1.29, 1.82) is 0 Å². The molecule has 0 aliphatic rings. The number of pyridine rings is 2. The van der Waals surface area contributed by atoms with Crippen molar-refractivity contribution in [3.05, 3.63) is 52.2 Å². The molecule has 160 valence electrons. The third kappa shape index (κ3) is 3.86. The first-order valence-electron chi connectivity index (χ1n) is 8.01. The molecule has 0 aliphatic carbocycles. The Balaban J connectivity index is 2.30. The normalized spacial score (nSPS) is 13.0. The van der Waals surface area contributed by atoms with E-state index in [4.69, 9.17) is 0 Å². The standard InChI is InChI=1S/C16H10F6N4O3S/c1-2-30(28,29)11-4-10(16(20,21)22)7-24-13(11)26-14(27)12-8(5-25-26)3-9(6-23-12)15(17,18)19/h3-7H,2H2,1H3. The molecule has 0 amide bonds. The lowest BCUT2D eigenvalue weighted by Gasteiger charge is -2.13. The van der Waals surface area contributed by atoms with Crippen LogP contribution in [0.5, 0.6) is 0 Å². The highest BCUT2D eigenvalue weighted by atomic mass is 32.2. The lowest BCUT2D eigenvalue weighted by Crippen LogP contribution is -2.26. The molecule has 0 atom stereocenters. The van der Waals surface area contributed by atoms with E-state index in [1.54, 1.807) is 0 Å². The van der Waals surface area contributed by atoms with Crippen LogP contribution >= 0.6 is 0 Å². The zero-order valence-corrected chi connectivity index (χ0v) is 15.6. The SMILES string of the molecule is CCS(=O)(=O)c1cc(C(F)(F)F)cnc1-n1ncc2cc(C(F)(F)F)cnc2c1=O. The third-order valence-corrected chi connectivity index (χ3v) is 5.76. The van der Waals surface area contributed by atoms with Gasteiger partial charge in [-0.25, -0.2) is 18.4 Å². The molecule has 3 heterocycles. The largest absolute Gasteiger partial charge is 0.417 e. The molecule has 0 radical (unpaired) electrons. The highest BCUT2D eigenvalue weighted by Gasteiger charge is 2.34. The van der Waals surface area contributed by atoms with Gasteiger partial charge >= 0.3 is 12.4 Å². The minimum absolute atomic E-state index is 0.294. The van der Waals surface area contributed by atoms with Crippen LogP contribution in [-0.4, -0.2) is 33.9 Å². The summed E-state index contributed by atoms with van der Waals surface area (Å²) in [5, 5.41) is 3.30. The van der Waals surface area contributed by atoms with Crippen molar-refractivity contribution in [2.75, 3.05) is 5.75 Å². The molecule has 30 heavy (non-hydrogen) atoms. The quantitative estimate of drug-likeness (QED) is 0.567. The van der Waals surface area contributed by atoms with Crippen LogP contribution in [-0.2, 0) is 22.2 Å². The third-order valence-electron chi connectivity index (χ3n) is 4.03. The minimum Gasteiger partial charge on any atom is -0.265 e. The molecule has 0 saturated carbocycles. The van der Waals surface area contributed by atoms with Crippen LogP contribution in [0.4, 0.5) is 26.3 Å². The van der Waals surface area contributed by atoms with Gasteiger partial charge < -0.3 is 0 Å². The number of rotatable bonds is 3. The Hall–Kier alpha value is -3.03. The van der Waals surface area contributed by atoms with E-state index in [2.05, 4.69) is 15.1 Å². The van der Waals surface area contributed by atoms with Gasteiger partial charge in [0.05, 0.1) is 23.1 Å². The van der Waals surface area contributed by atoms with Crippen molar-refractivity contribution in [2.45, 2.75) is 24.2 Å². The summed E-state index contributed by atoms with van der Waals surface area (Å²) in [7, 11) is -4.29. The molecule has 0 saturated heterocycles. The molecule has 0 fully saturated rings. The van der Waals surface area contributed by atoms with Gasteiger partial charge in [-0.3, -0.25) is 4.79 Å². The van der Waals surface area contributed by atoms with Gasteiger partial charge in [-0.1, -0.05) is 6.92 Å². The van der Waals surface area contributed by atoms with Gasteiger partial charge in [0.2, 0.25) is 0 Å². The number of halogens is 6. The summed E-state index contributed by atoms with van der Waals surface area (Å²) < 4.78 is 102. The zero-order chi connectivity index (χ0) is 22.5. The lowest BCUT2D eigenvalue weighted by atomic mass is 10.2. The summed E-state index contributed by atoms with van der Waals surface area (Å²) in [6.07, 6.45) is -8.10. The molecule has 0 unspecified atom stereocenters. The second-order valence-corrected chi connectivity index (χ2v) is 8.21. The summed E-state index contributed by atoms with van der Waals surface area (Å²) in [6, 6.07) is 0.935. The van der Waals surface area contributed by atoms with E-state index in [-0.39, 0.29) is 5.39 Å². The van der Waals surface area contributed by atoms with E-state index in [9.17, 15) is 39.6 Å². The topological polar surface area (TPSA) is 94.8 Å². The maximum Gasteiger partial charge on any atom is 0.417 e. The molecular weight excluding hydrogens is 442 g/mol. The highest BCUT2D eigenvalue weighted by Crippen LogP contribution is 2.32. The molecule has 3 aromatic heterocycles. The van der Waals surface area contributed by atoms with Crippen LogP contribution in [0.15, 0.2) is 40.4 Å². The molecule has 0 bridgehead atoms. The molecule has 3 rings (SSSR count). The summed E-state index contributed by atoms with van der Waals surface area (Å²) in [5.41, 5.74) is -4.16. The van der Waals surface area contributed by atoms with E-state index in [1.165, 1.54) is 6.92 Å². The highest BCUT2D eigenvalue weighted by molar-refractivity contribution is 7.91. The summed E-state index contributed by atoms with van der Waals surface area (Å²) in [4.78, 5) is 18.6. The maximum atomic E-state index is 13.0. The first-order valence-corrected chi connectivity index (χ1v) is 9.66. The Bertz CT molecular complexity index is 1300. The van der Waals surface area contributed by atoms with Crippen LogP contribution < -0.4 is 5.56 Å². The average molecular weight is 452 g/mol. The van der Waals surface area contributed by atoms with Gasteiger partial charge in [0.15, 0.2) is 15.7 Å². The molecule has 0 aliphatic heterocycles. The van der Waals surface area contributed by atoms with E-state index in [0.717, 1.165) is 6.20 Å². The van der Waals surface area contributed by atoms with Crippen molar-refractivity contribution in [3.8, 4) is 5.82 Å². The minimum atomic E-state index is -4.90. The average Bonchev–Trinajstić information content (AvgIpc) is 2.66. The van der Waals surface area contributed by atoms with Gasteiger partial charge in [0, 0.05) is 17.8 Å². The lowest BCUT2D eigenvalue weighted by molar-refractivity contribution is -0.138. The van der Waals surface area contributed by atoms with Gasteiger partial charge in [-0.2, -0.15) is 36.1 Å². The predicted molar refractivity (Wildman–Crippen MR) is 90.7 cm³/mol. The zero-order valence-electron chi connectivity index (χ0n) is 14.8. The number of hydrogen-bond acceptors (Lipinski definition) is 6. The predicted octanol–water partition coefficient (Wildman–Crippen LogP) is 3.01. The number of nitrogens with zero attached hydrogens (tertiary/aromatic N) is 4. The number of hydrogen-bond donors (Lipinski definition) is 0. The number of sulfone groups is 1. The first-order chi connectivity index (χ1) is 13.8. The Labute approximate surface area is 163 Å². The smallest absolute Gasteiger partial charge is 0.265 e. The molecule has 0 N–H and O–H groups in total. The fourth-order valence-electron chi connectivity index (χ4n) is 2.47. The van der Waals surface area contributed by atoms with Crippen molar-refractivity contribution in [1.82, 2.24) is 19.7 Å². The Morgan fingerprint density at radius 3 is 2.07 bits per heavy atom. The summed E-state index contributed by atoms with van der Waals surface area (Å²) in [6.45, 7) is 1.18. The van der Waals surface area contributed by atoms with Crippen molar-refractivity contribution >= 4 is 20.7 Å². The molecule has 7 nitrogen and oxygen atoms in total. The van der Waals surface area contributed by atoms with Gasteiger partial charge in [0.1, 0.15) is 10.4 Å². The fraction of sp³-hybridized carbons (Fsp3) is 0.250. The molecule has 14 heteroatoms. The van der Waals surface area contributed by atoms with E-state index in [0.29, 0.717) is 29.2 Å². The number of fused-ring (bicyclic) bond motifs is 1. The van der Waals surface area contributed by atoms with Crippen LogP contribution in [0.1, 0.15) is 18.1 Å². The van der Waals surface area contributed by atoms with Crippen LogP contribution in [0.2, 0.25) is 0 Å². The van der Waals surface area contributed by atoms with Crippen LogP contribution in [0.25, 0.3) is 16.7 Å². The van der Waals surface area contributed by atoms with Crippen LogP contribution in [0, 0.1) is 0 Å². The van der Waals surface area contributed by atoms with E-state index >= 15 is 0 Å². The second-order valence-electron chi connectivity index (χ2n) is 5.97. The van der Waals surface area contributed by atoms with E-state index < -0.39 is 60.9 Å². The Kier molecular flexibility index (Phi) is 5.08.